The van der Waals surface area contributed by atoms with Gasteiger partial charge in [0.15, 0.2) is 5.75 Å². The monoisotopic (exact) mass is 533 g/mol. The van der Waals surface area contributed by atoms with Crippen molar-refractivity contribution in [3.63, 3.8) is 0 Å². The maximum absolute atomic E-state index is 13.9. The number of rotatable bonds is 8. The minimum absolute atomic E-state index is 0.0558. The van der Waals surface area contributed by atoms with Gasteiger partial charge in [-0.1, -0.05) is 0 Å². The Hall–Kier alpha value is -3.61. The van der Waals surface area contributed by atoms with E-state index < -0.39 is 46.7 Å². The number of anilines is 1. The molecule has 0 unspecified atom stereocenters. The van der Waals surface area contributed by atoms with E-state index in [-0.39, 0.29) is 36.6 Å². The molecule has 6 nitrogen and oxygen atoms in total. The van der Waals surface area contributed by atoms with Crippen molar-refractivity contribution in [1.29, 1.82) is 0 Å². The number of halogens is 7. The molecule has 0 aromatic heterocycles. The fourth-order valence-corrected chi connectivity index (χ4v) is 3.13. The Morgan fingerprint density at radius 2 is 1.76 bits per heavy atom. The average molecular weight is 533 g/mol. The van der Waals surface area contributed by atoms with Crippen LogP contribution < -0.4 is 15.4 Å². The van der Waals surface area contributed by atoms with E-state index in [4.69, 9.17) is 15.2 Å². The Labute approximate surface area is 207 Å². The fourth-order valence-electron chi connectivity index (χ4n) is 3.13. The van der Waals surface area contributed by atoms with Crippen LogP contribution in [0.15, 0.2) is 47.6 Å². The minimum atomic E-state index is -5.34. The van der Waals surface area contributed by atoms with Crippen LogP contribution in [0.3, 0.4) is 0 Å². The van der Waals surface area contributed by atoms with E-state index in [0.717, 1.165) is 61.5 Å². The molecule has 0 aliphatic heterocycles. The predicted octanol–water partition coefficient (Wildman–Crippen LogP) is 6.05. The number of benzene rings is 2. The quantitative estimate of drug-likeness (QED) is 0.255. The molecule has 1 amide bonds. The molecule has 0 spiro atoms. The highest BCUT2D eigenvalue weighted by molar-refractivity contribution is 6.11. The first-order chi connectivity index (χ1) is 17.3. The van der Waals surface area contributed by atoms with Gasteiger partial charge in [-0.3, -0.25) is 9.89 Å². The Balaban J connectivity index is 2.03. The number of carbonyl (C=O) groups is 1. The van der Waals surface area contributed by atoms with Gasteiger partial charge >= 0.3 is 18.4 Å². The first-order valence-corrected chi connectivity index (χ1v) is 10.9. The van der Waals surface area contributed by atoms with Gasteiger partial charge < -0.3 is 15.2 Å². The minimum Gasteiger partial charge on any atom is -0.409 e. The van der Waals surface area contributed by atoms with E-state index in [1.807, 2.05) is 0 Å². The lowest BCUT2D eigenvalue weighted by Crippen LogP contribution is -2.30. The van der Waals surface area contributed by atoms with Crippen LogP contribution in [0, 0.1) is 5.82 Å². The van der Waals surface area contributed by atoms with Crippen LogP contribution in [0.5, 0.6) is 5.75 Å². The van der Waals surface area contributed by atoms with Crippen molar-refractivity contribution < 1.29 is 45.0 Å². The van der Waals surface area contributed by atoms with E-state index in [1.54, 1.807) is 0 Å². The maximum Gasteiger partial charge on any atom is 0.420 e. The summed E-state index contributed by atoms with van der Waals surface area (Å²) in [4.78, 5) is 17.4. The lowest BCUT2D eigenvalue weighted by Gasteiger charge is -2.22. The summed E-state index contributed by atoms with van der Waals surface area (Å²) in [6.45, 7) is 0.265. The molecule has 0 atom stereocenters. The molecule has 0 bridgehead atoms. The Morgan fingerprint density at radius 1 is 1.11 bits per heavy atom. The van der Waals surface area contributed by atoms with Gasteiger partial charge in [-0.05, 0) is 49.2 Å². The number of carbonyl (C=O) groups excluding carboxylic acids is 1. The fraction of sp³-hybridized carbons (Fsp3) is 0.333. The second kappa shape index (κ2) is 11.2. The Bertz CT molecular complexity index is 1170. The largest absolute Gasteiger partial charge is 0.420 e. The zero-order chi connectivity index (χ0) is 27.4. The standard InChI is InChI=1S/C24H22F7N3O3/c1-34(17-4-2-16(25)3-5-17)22(35)37-21-19(14(12-32)13-33-8-9-36-18-6-7-18)10-15(23(26,27)28)11-20(21)24(29,30)31/h2-5,10-13,18H,6-9,32H2,1H3. The SMILES string of the molecule is CN(C(=O)Oc1c(C(C=NCCOC2CC2)=CN)cc(C(F)(F)F)cc1C(F)(F)F)c1ccc(F)cc1. The van der Waals surface area contributed by atoms with Crippen LogP contribution in [-0.4, -0.2) is 38.6 Å². The van der Waals surface area contributed by atoms with E-state index in [0.29, 0.717) is 6.07 Å². The average Bonchev–Trinajstić information content (AvgIpc) is 3.64. The number of ether oxygens (including phenoxy) is 2. The summed E-state index contributed by atoms with van der Waals surface area (Å²) in [6.07, 6.45) is -8.20. The van der Waals surface area contributed by atoms with Gasteiger partial charge in [-0.15, -0.1) is 0 Å². The van der Waals surface area contributed by atoms with Gasteiger partial charge in [0, 0.05) is 36.3 Å². The van der Waals surface area contributed by atoms with Crippen molar-refractivity contribution in [2.45, 2.75) is 31.3 Å². The molecule has 13 heteroatoms. The van der Waals surface area contributed by atoms with Gasteiger partial charge in [0.05, 0.1) is 30.4 Å². The van der Waals surface area contributed by atoms with E-state index >= 15 is 0 Å². The lowest BCUT2D eigenvalue weighted by atomic mass is 9.98. The highest BCUT2D eigenvalue weighted by Crippen LogP contribution is 2.44. The van der Waals surface area contributed by atoms with Gasteiger partial charge in [0.2, 0.25) is 0 Å². The molecule has 2 aromatic rings. The molecule has 2 N–H and O–H groups in total. The molecule has 1 aliphatic carbocycles. The number of nitrogens with zero attached hydrogens (tertiary/aromatic N) is 2. The summed E-state index contributed by atoms with van der Waals surface area (Å²) in [5.41, 5.74) is 1.00. The third-order valence-corrected chi connectivity index (χ3v) is 5.22. The van der Waals surface area contributed by atoms with Gasteiger partial charge in [-0.2, -0.15) is 26.3 Å². The van der Waals surface area contributed by atoms with Crippen molar-refractivity contribution in [2.24, 2.45) is 10.7 Å². The van der Waals surface area contributed by atoms with Crippen molar-refractivity contribution in [3.8, 4) is 5.75 Å². The molecule has 37 heavy (non-hydrogen) atoms. The van der Waals surface area contributed by atoms with Crippen LogP contribution in [0.1, 0.15) is 29.5 Å². The van der Waals surface area contributed by atoms with E-state index in [2.05, 4.69) is 4.99 Å². The van der Waals surface area contributed by atoms with Crippen molar-refractivity contribution >= 4 is 23.6 Å². The number of alkyl halides is 6. The number of hydrogen-bond donors (Lipinski definition) is 1. The maximum atomic E-state index is 13.9. The zero-order valence-electron chi connectivity index (χ0n) is 19.4. The predicted molar refractivity (Wildman–Crippen MR) is 122 cm³/mol. The molecule has 1 aliphatic rings. The number of allylic oxidation sites excluding steroid dienone is 1. The molecule has 1 fully saturated rings. The molecule has 2 aromatic carbocycles. The van der Waals surface area contributed by atoms with Crippen LogP contribution in [0.2, 0.25) is 0 Å². The molecular weight excluding hydrogens is 511 g/mol. The summed E-state index contributed by atoms with van der Waals surface area (Å²) in [7, 11) is 1.13. The highest BCUT2D eigenvalue weighted by atomic mass is 19.4. The van der Waals surface area contributed by atoms with Crippen LogP contribution in [-0.2, 0) is 17.1 Å². The number of amides is 1. The molecular formula is C24H22F7N3O3. The summed E-state index contributed by atoms with van der Waals surface area (Å²) in [5.74, 6) is -1.83. The third kappa shape index (κ3) is 7.44. The van der Waals surface area contributed by atoms with Crippen molar-refractivity contribution in [3.05, 3.63) is 65.1 Å². The molecule has 0 radical (unpaired) electrons. The summed E-state index contributed by atoms with van der Waals surface area (Å²) in [5, 5.41) is 0. The normalized spacial score (nSPS) is 14.8. The van der Waals surface area contributed by atoms with E-state index in [1.165, 1.54) is 0 Å². The van der Waals surface area contributed by atoms with Gasteiger partial charge in [-0.25, -0.2) is 9.18 Å². The third-order valence-electron chi connectivity index (χ3n) is 5.22. The Morgan fingerprint density at radius 3 is 2.30 bits per heavy atom. The van der Waals surface area contributed by atoms with Crippen LogP contribution in [0.4, 0.5) is 41.2 Å². The molecule has 3 rings (SSSR count). The zero-order valence-corrected chi connectivity index (χ0v) is 19.4. The topological polar surface area (TPSA) is 77.2 Å². The molecule has 1 saturated carbocycles. The van der Waals surface area contributed by atoms with Gasteiger partial charge in [0.1, 0.15) is 5.82 Å². The van der Waals surface area contributed by atoms with E-state index in [9.17, 15) is 35.5 Å². The number of nitrogens with two attached hydrogens (primary N) is 1. The first kappa shape index (κ1) is 28.0. The van der Waals surface area contributed by atoms with Crippen LogP contribution >= 0.6 is 0 Å². The number of hydrogen-bond acceptors (Lipinski definition) is 5. The molecule has 0 saturated heterocycles. The second-order valence-electron chi connectivity index (χ2n) is 8.03. The van der Waals surface area contributed by atoms with Crippen molar-refractivity contribution in [1.82, 2.24) is 0 Å². The van der Waals surface area contributed by atoms with Crippen molar-refractivity contribution in [2.75, 3.05) is 25.1 Å². The molecule has 0 heterocycles. The second-order valence-corrected chi connectivity index (χ2v) is 8.03. The summed E-state index contributed by atoms with van der Waals surface area (Å²) < 4.78 is 106. The van der Waals surface area contributed by atoms with Gasteiger partial charge in [0.25, 0.3) is 0 Å². The first-order valence-electron chi connectivity index (χ1n) is 10.9. The van der Waals surface area contributed by atoms with Crippen LogP contribution in [0.25, 0.3) is 5.57 Å². The smallest absolute Gasteiger partial charge is 0.409 e. The Kier molecular flexibility index (Phi) is 8.46. The highest BCUT2D eigenvalue weighted by Gasteiger charge is 2.41. The number of aliphatic imine (C=N–C) groups is 1. The summed E-state index contributed by atoms with van der Waals surface area (Å²) >= 11 is 0. The summed E-state index contributed by atoms with van der Waals surface area (Å²) in [6, 6.07) is 4.57. The lowest BCUT2D eigenvalue weighted by molar-refractivity contribution is -0.143. The molecule has 200 valence electrons.